The van der Waals surface area contributed by atoms with Crippen LogP contribution < -0.4 is 39.6 Å². The maximum Gasteiger partial charge on any atom is 1.00 e. The van der Waals surface area contributed by atoms with Crippen LogP contribution in [-0.2, 0) is 17.8 Å². The number of unbranched alkanes of at least 4 members (excludes halogenated alkanes) is 1. The molecule has 0 aliphatic carbocycles. The second-order valence-electron chi connectivity index (χ2n) is 8.57. The largest absolute Gasteiger partial charge is 1.00 e. The van der Waals surface area contributed by atoms with E-state index >= 15 is 0 Å². The van der Waals surface area contributed by atoms with Gasteiger partial charge in [-0.15, -0.1) is 0 Å². The Morgan fingerprint density at radius 3 is 2.31 bits per heavy atom. The van der Waals surface area contributed by atoms with E-state index in [0.717, 1.165) is 35.1 Å². The number of nitrogens with one attached hydrogen (secondary N) is 1. The van der Waals surface area contributed by atoms with Crippen LogP contribution in [0.25, 0.3) is 11.1 Å². The molecule has 3 N–H and O–H groups in total. The van der Waals surface area contributed by atoms with E-state index < -0.39 is 5.97 Å². The van der Waals surface area contributed by atoms with Crippen LogP contribution in [0.3, 0.4) is 0 Å². The van der Waals surface area contributed by atoms with Crippen LogP contribution in [-0.4, -0.2) is 35.2 Å². The van der Waals surface area contributed by atoms with Crippen molar-refractivity contribution < 1.29 is 54.1 Å². The van der Waals surface area contributed by atoms with Crippen LogP contribution in [0.15, 0.2) is 72.8 Å². The number of benzene rings is 3. The third-order valence-corrected chi connectivity index (χ3v) is 5.91. The molecule has 184 valence electrons. The molecule has 0 fully saturated rings. The van der Waals surface area contributed by atoms with Crippen LogP contribution in [0.1, 0.15) is 47.7 Å². The Labute approximate surface area is 235 Å². The summed E-state index contributed by atoms with van der Waals surface area (Å²) in [5.41, 5.74) is 4.34. The molecular weight excluding hydrogens is 465 g/mol. The van der Waals surface area contributed by atoms with E-state index in [9.17, 15) is 19.8 Å². The van der Waals surface area contributed by atoms with Crippen molar-refractivity contribution in [2.75, 3.05) is 13.2 Å². The Hall–Kier alpha value is -2.64. The third-order valence-electron chi connectivity index (χ3n) is 5.91. The Bertz CT molecular complexity index is 1100. The number of carbonyl (C=O) groups excluding carboxylic acids is 1. The number of ether oxygens (including phenoxy) is 1. The predicted octanol–water partition coefficient (Wildman–Crippen LogP) is 2.09. The summed E-state index contributed by atoms with van der Waals surface area (Å²) < 4.78 is 5.71. The number of rotatable bonds is 13. The van der Waals surface area contributed by atoms with Gasteiger partial charge in [0, 0.05) is 5.56 Å². The zero-order valence-corrected chi connectivity index (χ0v) is 23.1. The summed E-state index contributed by atoms with van der Waals surface area (Å²) in [4.78, 5) is 23.9. The van der Waals surface area contributed by atoms with Crippen LogP contribution in [0, 0.1) is 5.92 Å². The van der Waals surface area contributed by atoms with Gasteiger partial charge in [0.15, 0.2) is 0 Å². The van der Waals surface area contributed by atoms with Gasteiger partial charge in [0.1, 0.15) is 12.4 Å². The minimum absolute atomic E-state index is 0. The number of aliphatic carboxylic acids is 1. The molecule has 1 unspecified atom stereocenters. The van der Waals surface area contributed by atoms with E-state index in [4.69, 9.17) is 4.74 Å². The van der Waals surface area contributed by atoms with Gasteiger partial charge < -0.3 is 20.3 Å². The van der Waals surface area contributed by atoms with E-state index in [1.807, 2.05) is 60.7 Å². The first-order valence-electron chi connectivity index (χ1n) is 12.0. The fourth-order valence-electron chi connectivity index (χ4n) is 3.87. The predicted molar refractivity (Wildman–Crippen MR) is 136 cm³/mol. The second kappa shape index (κ2) is 15.5. The average molecular weight is 499 g/mol. The normalized spacial score (nSPS) is 11.3. The number of hydrogen-bond donors (Lipinski definition) is 3. The van der Waals surface area contributed by atoms with Gasteiger partial charge in [0.25, 0.3) is 5.91 Å². The molecule has 0 saturated heterocycles. The molecule has 6 nitrogen and oxygen atoms in total. The van der Waals surface area contributed by atoms with Gasteiger partial charge in [0.05, 0.1) is 19.1 Å². The number of aliphatic hydroxyl groups excluding tert-OH is 1. The van der Waals surface area contributed by atoms with E-state index in [2.05, 4.69) is 12.2 Å². The minimum atomic E-state index is -0.750. The van der Waals surface area contributed by atoms with Crippen LogP contribution >= 0.6 is 0 Å². The van der Waals surface area contributed by atoms with Crippen molar-refractivity contribution in [1.29, 1.82) is 0 Å². The molecule has 0 heterocycles. The minimum Gasteiger partial charge on any atom is -0.492 e. The van der Waals surface area contributed by atoms with Crippen molar-refractivity contribution in [3.63, 3.8) is 0 Å². The molecular formula is C29H33NNaO5+. The zero-order chi connectivity index (χ0) is 25.0. The van der Waals surface area contributed by atoms with Gasteiger partial charge in [-0.2, -0.15) is 0 Å². The van der Waals surface area contributed by atoms with Crippen molar-refractivity contribution in [2.45, 2.75) is 39.2 Å². The van der Waals surface area contributed by atoms with Crippen LogP contribution in [0.2, 0.25) is 0 Å². The summed E-state index contributed by atoms with van der Waals surface area (Å²) >= 11 is 0. The smallest absolute Gasteiger partial charge is 0.492 e. The molecule has 1 atom stereocenters. The maximum atomic E-state index is 12.4. The Kier molecular flexibility index (Phi) is 12.7. The van der Waals surface area contributed by atoms with Crippen molar-refractivity contribution in [3.8, 4) is 16.9 Å². The summed E-state index contributed by atoms with van der Waals surface area (Å²) in [6.45, 7) is 2.73. The molecule has 0 aliphatic rings. The quantitative estimate of drug-likeness (QED) is 0.248. The number of hydrogen-bond acceptors (Lipinski definition) is 4. The van der Waals surface area contributed by atoms with Gasteiger partial charge in [-0.25, -0.2) is 0 Å². The standard InChI is InChI=1S/C29H33NO5.Na/c1-2-3-6-26(29(33)34)18-21-8-14-27(15-9-21)35-17-16-30-28(32)24-12-10-23(11-13-24)25-7-4-5-22(19-25)20-31;/h4-5,7-15,19,26,31H,2-3,6,16-18,20H2,1H3,(H,30,32)(H,33,34);/q;+1. The van der Waals surface area contributed by atoms with E-state index in [1.54, 1.807) is 12.1 Å². The van der Waals surface area contributed by atoms with Gasteiger partial charge in [0.2, 0.25) is 0 Å². The summed E-state index contributed by atoms with van der Waals surface area (Å²) in [7, 11) is 0. The van der Waals surface area contributed by atoms with Gasteiger partial charge >= 0.3 is 35.5 Å². The van der Waals surface area contributed by atoms with Gasteiger partial charge in [-0.05, 0) is 65.4 Å². The summed E-state index contributed by atoms with van der Waals surface area (Å²) in [6.07, 6.45) is 3.09. The first-order chi connectivity index (χ1) is 17.0. The topological polar surface area (TPSA) is 95.9 Å². The molecule has 7 heteroatoms. The molecule has 3 rings (SSSR count). The number of amides is 1. The fraction of sp³-hybridized carbons (Fsp3) is 0.310. The van der Waals surface area contributed by atoms with Crippen molar-refractivity contribution in [1.82, 2.24) is 5.32 Å². The van der Waals surface area contributed by atoms with E-state index in [0.29, 0.717) is 37.3 Å². The number of carboxylic acid groups (broad SMARTS) is 1. The summed E-state index contributed by atoms with van der Waals surface area (Å²) in [5, 5.41) is 21.6. The molecule has 1 amide bonds. The molecule has 0 spiro atoms. The van der Waals surface area contributed by atoms with E-state index in [1.165, 1.54) is 0 Å². The molecule has 0 aliphatic heterocycles. The van der Waals surface area contributed by atoms with Gasteiger partial charge in [-0.1, -0.05) is 62.2 Å². The summed E-state index contributed by atoms with van der Waals surface area (Å²) in [5.74, 6) is -0.610. The molecule has 0 bridgehead atoms. The monoisotopic (exact) mass is 498 g/mol. The molecule has 3 aromatic rings. The van der Waals surface area contributed by atoms with Crippen LogP contribution in [0.5, 0.6) is 5.75 Å². The Balaban J connectivity index is 0.00000456. The van der Waals surface area contributed by atoms with Crippen molar-refractivity contribution in [3.05, 3.63) is 89.5 Å². The van der Waals surface area contributed by atoms with Crippen LogP contribution in [0.4, 0.5) is 0 Å². The number of carbonyl (C=O) groups is 2. The maximum absolute atomic E-state index is 12.4. The fourth-order valence-corrected chi connectivity index (χ4v) is 3.87. The molecule has 0 aromatic heterocycles. The van der Waals surface area contributed by atoms with E-state index in [-0.39, 0.29) is 48.0 Å². The first kappa shape index (κ1) is 29.6. The average Bonchev–Trinajstić information content (AvgIpc) is 2.89. The molecule has 36 heavy (non-hydrogen) atoms. The second-order valence-corrected chi connectivity index (χ2v) is 8.57. The molecule has 0 radical (unpaired) electrons. The SMILES string of the molecule is CCCCC(Cc1ccc(OCCNC(=O)c2ccc(-c3cccc(CO)c3)cc2)cc1)C(=O)O.[Na+]. The Morgan fingerprint density at radius 1 is 0.944 bits per heavy atom. The third kappa shape index (κ3) is 9.10. The number of aliphatic hydroxyl groups is 1. The molecule has 3 aromatic carbocycles. The van der Waals surface area contributed by atoms with Crippen molar-refractivity contribution >= 4 is 11.9 Å². The summed E-state index contributed by atoms with van der Waals surface area (Å²) in [6, 6.07) is 22.5. The first-order valence-corrected chi connectivity index (χ1v) is 12.0. The Morgan fingerprint density at radius 2 is 1.67 bits per heavy atom. The van der Waals surface area contributed by atoms with Gasteiger partial charge in [-0.3, -0.25) is 9.59 Å². The molecule has 0 saturated carbocycles. The van der Waals surface area contributed by atoms with Crippen molar-refractivity contribution in [2.24, 2.45) is 5.92 Å². The zero-order valence-electron chi connectivity index (χ0n) is 21.1. The number of carboxylic acids is 1.